The first-order chi connectivity index (χ1) is 13.7. The minimum Gasteiger partial charge on any atom is -0.504 e. The SMILES string of the molecule is N#Cc1ccc(-c2ccc(-c3ccc4c(oc5ccccc54)c3O)cc2)cc1. The number of aromatic hydroxyl groups is 1. The van der Waals surface area contributed by atoms with E-state index in [2.05, 4.69) is 6.07 Å². The zero-order valence-electron chi connectivity index (χ0n) is 14.9. The van der Waals surface area contributed by atoms with Crippen LogP contribution in [0, 0.1) is 11.3 Å². The Morgan fingerprint density at radius 3 is 2.04 bits per heavy atom. The number of phenols is 1. The van der Waals surface area contributed by atoms with E-state index in [0.29, 0.717) is 11.1 Å². The normalized spacial score (nSPS) is 11.0. The molecule has 3 nitrogen and oxygen atoms in total. The number of furan rings is 1. The lowest BCUT2D eigenvalue weighted by Crippen LogP contribution is -1.82. The molecule has 4 aromatic carbocycles. The molecule has 3 heteroatoms. The molecule has 0 saturated heterocycles. The predicted molar refractivity (Wildman–Crippen MR) is 111 cm³/mol. The summed E-state index contributed by atoms with van der Waals surface area (Å²) >= 11 is 0. The average Bonchev–Trinajstić information content (AvgIpc) is 3.14. The number of para-hydroxylation sites is 1. The van der Waals surface area contributed by atoms with E-state index in [-0.39, 0.29) is 5.75 Å². The monoisotopic (exact) mass is 361 g/mol. The van der Waals surface area contributed by atoms with Gasteiger partial charge in [0.15, 0.2) is 11.3 Å². The molecule has 0 spiro atoms. The molecular formula is C25H15NO2. The summed E-state index contributed by atoms with van der Waals surface area (Å²) in [5.41, 5.74) is 5.66. The molecule has 0 aliphatic rings. The first kappa shape index (κ1) is 16.2. The van der Waals surface area contributed by atoms with E-state index >= 15 is 0 Å². The third kappa shape index (κ3) is 2.52. The van der Waals surface area contributed by atoms with Gasteiger partial charge in [-0.05, 0) is 47.0 Å². The summed E-state index contributed by atoms with van der Waals surface area (Å²) in [5, 5.41) is 21.7. The number of hydrogen-bond acceptors (Lipinski definition) is 3. The number of hydrogen-bond donors (Lipinski definition) is 1. The number of nitriles is 1. The largest absolute Gasteiger partial charge is 0.504 e. The molecule has 132 valence electrons. The van der Waals surface area contributed by atoms with Gasteiger partial charge in [-0.3, -0.25) is 0 Å². The number of rotatable bonds is 2. The van der Waals surface area contributed by atoms with Crippen LogP contribution in [-0.2, 0) is 0 Å². The molecule has 0 radical (unpaired) electrons. The third-order valence-electron chi connectivity index (χ3n) is 5.06. The highest BCUT2D eigenvalue weighted by atomic mass is 16.4. The van der Waals surface area contributed by atoms with Crippen molar-refractivity contribution in [2.75, 3.05) is 0 Å². The van der Waals surface area contributed by atoms with Crippen molar-refractivity contribution in [1.29, 1.82) is 5.26 Å². The Hall–Kier alpha value is -4.03. The second kappa shape index (κ2) is 6.29. The van der Waals surface area contributed by atoms with Crippen LogP contribution in [0.1, 0.15) is 5.56 Å². The molecule has 1 N–H and O–H groups in total. The van der Waals surface area contributed by atoms with Gasteiger partial charge in [0.2, 0.25) is 0 Å². The van der Waals surface area contributed by atoms with E-state index in [1.807, 2.05) is 84.9 Å². The van der Waals surface area contributed by atoms with Crippen LogP contribution in [0.2, 0.25) is 0 Å². The van der Waals surface area contributed by atoms with Crippen molar-refractivity contribution in [3.05, 3.63) is 90.5 Å². The number of nitrogens with zero attached hydrogens (tertiary/aromatic N) is 1. The van der Waals surface area contributed by atoms with Crippen LogP contribution in [0.25, 0.3) is 44.2 Å². The number of benzene rings is 4. The first-order valence-corrected chi connectivity index (χ1v) is 8.99. The molecule has 0 aliphatic heterocycles. The molecule has 1 heterocycles. The van der Waals surface area contributed by atoms with Crippen molar-refractivity contribution in [2.24, 2.45) is 0 Å². The van der Waals surface area contributed by atoms with Crippen molar-refractivity contribution in [2.45, 2.75) is 0 Å². The van der Waals surface area contributed by atoms with Gasteiger partial charge in [-0.1, -0.05) is 54.6 Å². The van der Waals surface area contributed by atoms with Gasteiger partial charge in [-0.25, -0.2) is 0 Å². The molecule has 5 rings (SSSR count). The van der Waals surface area contributed by atoms with Crippen molar-refractivity contribution < 1.29 is 9.52 Å². The summed E-state index contributed by atoms with van der Waals surface area (Å²) in [5.74, 6) is 0.153. The second-order valence-electron chi connectivity index (χ2n) is 6.70. The average molecular weight is 361 g/mol. The van der Waals surface area contributed by atoms with Crippen LogP contribution in [0.4, 0.5) is 0 Å². The molecule has 0 amide bonds. The van der Waals surface area contributed by atoms with E-state index in [1.54, 1.807) is 0 Å². The fraction of sp³-hybridized carbons (Fsp3) is 0. The Morgan fingerprint density at radius 2 is 1.32 bits per heavy atom. The van der Waals surface area contributed by atoms with Crippen molar-refractivity contribution in [1.82, 2.24) is 0 Å². The Kier molecular flexibility index (Phi) is 3.63. The zero-order chi connectivity index (χ0) is 19.1. The first-order valence-electron chi connectivity index (χ1n) is 8.99. The van der Waals surface area contributed by atoms with E-state index in [0.717, 1.165) is 38.6 Å². The molecule has 0 bridgehead atoms. The van der Waals surface area contributed by atoms with Gasteiger partial charge in [-0.15, -0.1) is 0 Å². The lowest BCUT2D eigenvalue weighted by atomic mass is 9.98. The minimum absolute atomic E-state index is 0.153. The molecule has 0 saturated carbocycles. The second-order valence-corrected chi connectivity index (χ2v) is 6.70. The summed E-state index contributed by atoms with van der Waals surface area (Å²) in [4.78, 5) is 0. The smallest absolute Gasteiger partial charge is 0.177 e. The maximum absolute atomic E-state index is 10.8. The summed E-state index contributed by atoms with van der Waals surface area (Å²) in [6, 6.07) is 29.3. The number of phenolic OH excluding ortho intramolecular Hbond substituents is 1. The highest BCUT2D eigenvalue weighted by Gasteiger charge is 2.14. The molecule has 28 heavy (non-hydrogen) atoms. The molecule has 5 aromatic rings. The van der Waals surface area contributed by atoms with Gasteiger partial charge in [0.05, 0.1) is 11.6 Å². The summed E-state index contributed by atoms with van der Waals surface area (Å²) in [6.45, 7) is 0. The van der Waals surface area contributed by atoms with Crippen LogP contribution in [0.5, 0.6) is 5.75 Å². The lowest BCUT2D eigenvalue weighted by Gasteiger charge is -2.07. The van der Waals surface area contributed by atoms with E-state index in [1.165, 1.54) is 0 Å². The van der Waals surface area contributed by atoms with Crippen molar-refractivity contribution in [3.63, 3.8) is 0 Å². The standard InChI is InChI=1S/C25H15NO2/c26-15-16-5-7-17(8-6-16)18-9-11-19(12-10-18)20-13-14-22-21-3-1-2-4-23(21)28-25(22)24(20)27/h1-14,27H. The van der Waals surface area contributed by atoms with E-state index in [4.69, 9.17) is 9.68 Å². The molecule has 1 aromatic heterocycles. The molecule has 0 unspecified atom stereocenters. The van der Waals surface area contributed by atoms with E-state index in [9.17, 15) is 5.11 Å². The van der Waals surface area contributed by atoms with Gasteiger partial charge in [-0.2, -0.15) is 5.26 Å². The van der Waals surface area contributed by atoms with Gasteiger partial charge >= 0.3 is 0 Å². The third-order valence-corrected chi connectivity index (χ3v) is 5.06. The van der Waals surface area contributed by atoms with Gasteiger partial charge in [0.25, 0.3) is 0 Å². The van der Waals surface area contributed by atoms with Gasteiger partial charge in [0.1, 0.15) is 5.58 Å². The maximum Gasteiger partial charge on any atom is 0.177 e. The Balaban J connectivity index is 1.57. The van der Waals surface area contributed by atoms with Crippen LogP contribution >= 0.6 is 0 Å². The maximum atomic E-state index is 10.8. The van der Waals surface area contributed by atoms with Crippen molar-refractivity contribution in [3.8, 4) is 34.1 Å². The Labute approximate surface area is 161 Å². The number of fused-ring (bicyclic) bond motifs is 3. The Morgan fingerprint density at radius 1 is 0.679 bits per heavy atom. The summed E-state index contributed by atoms with van der Waals surface area (Å²) < 4.78 is 5.88. The molecule has 0 fully saturated rings. The van der Waals surface area contributed by atoms with Gasteiger partial charge < -0.3 is 9.52 Å². The quantitative estimate of drug-likeness (QED) is 0.390. The topological polar surface area (TPSA) is 57.2 Å². The highest BCUT2D eigenvalue weighted by Crippen LogP contribution is 2.40. The van der Waals surface area contributed by atoms with Gasteiger partial charge in [0, 0.05) is 16.3 Å². The fourth-order valence-corrected chi connectivity index (χ4v) is 3.59. The lowest BCUT2D eigenvalue weighted by molar-refractivity contribution is 0.470. The van der Waals surface area contributed by atoms with Crippen LogP contribution in [-0.4, -0.2) is 5.11 Å². The molecular weight excluding hydrogens is 346 g/mol. The van der Waals surface area contributed by atoms with Crippen molar-refractivity contribution >= 4 is 21.9 Å². The minimum atomic E-state index is 0.153. The van der Waals surface area contributed by atoms with Crippen LogP contribution in [0.15, 0.2) is 89.3 Å². The highest BCUT2D eigenvalue weighted by molar-refractivity contribution is 6.08. The fourth-order valence-electron chi connectivity index (χ4n) is 3.59. The predicted octanol–water partition coefficient (Wildman–Crippen LogP) is 6.50. The molecule has 0 aliphatic carbocycles. The van der Waals surface area contributed by atoms with E-state index < -0.39 is 0 Å². The summed E-state index contributed by atoms with van der Waals surface area (Å²) in [7, 11) is 0. The summed E-state index contributed by atoms with van der Waals surface area (Å²) in [6.07, 6.45) is 0. The Bertz CT molecular complexity index is 1350. The van der Waals surface area contributed by atoms with Crippen LogP contribution < -0.4 is 0 Å². The molecule has 0 atom stereocenters. The van der Waals surface area contributed by atoms with Crippen LogP contribution in [0.3, 0.4) is 0 Å². The zero-order valence-corrected chi connectivity index (χ0v) is 14.9.